The van der Waals surface area contributed by atoms with E-state index in [4.69, 9.17) is 10.00 Å². The van der Waals surface area contributed by atoms with Crippen LogP contribution in [0.25, 0.3) is 0 Å². The lowest BCUT2D eigenvalue weighted by atomic mass is 9.80. The molecule has 0 radical (unpaired) electrons. The Bertz CT molecular complexity index is 828. The number of anilines is 1. The minimum absolute atomic E-state index is 0.0875. The van der Waals surface area contributed by atoms with Crippen LogP contribution in [0.3, 0.4) is 0 Å². The Morgan fingerprint density at radius 1 is 1.30 bits per heavy atom. The third kappa shape index (κ3) is 3.97. The van der Waals surface area contributed by atoms with E-state index in [0.717, 1.165) is 63.8 Å². The molecule has 1 spiro atoms. The molecule has 0 saturated carbocycles. The van der Waals surface area contributed by atoms with Gasteiger partial charge in [0.25, 0.3) is 0 Å². The van der Waals surface area contributed by atoms with Gasteiger partial charge in [0.05, 0.1) is 19.8 Å². The van der Waals surface area contributed by atoms with Gasteiger partial charge in [0, 0.05) is 44.5 Å². The summed E-state index contributed by atoms with van der Waals surface area (Å²) in [6, 6.07) is 7.80. The van der Waals surface area contributed by atoms with Crippen molar-refractivity contribution < 1.29 is 4.74 Å². The second-order valence-corrected chi connectivity index (χ2v) is 7.74. The Morgan fingerprint density at radius 3 is 3.04 bits per heavy atom. The average molecular weight is 366 g/mol. The smallest absolute Gasteiger partial charge is 0.142 e. The van der Waals surface area contributed by atoms with Gasteiger partial charge < -0.3 is 14.2 Å². The van der Waals surface area contributed by atoms with Crippen molar-refractivity contribution in [2.45, 2.75) is 19.4 Å². The molecule has 2 aliphatic heterocycles. The van der Waals surface area contributed by atoms with Crippen molar-refractivity contribution in [3.8, 4) is 6.07 Å². The molecule has 4 heterocycles. The van der Waals surface area contributed by atoms with Crippen molar-refractivity contribution in [1.29, 1.82) is 5.26 Å². The van der Waals surface area contributed by atoms with Crippen LogP contribution < -0.4 is 4.90 Å². The number of pyridine rings is 1. The van der Waals surface area contributed by atoms with Gasteiger partial charge in [-0.2, -0.15) is 5.26 Å². The van der Waals surface area contributed by atoms with Crippen LogP contribution in [0.2, 0.25) is 0 Å². The first-order valence-corrected chi connectivity index (χ1v) is 9.56. The fraction of sp³-hybridized carbons (Fsp3) is 0.550. The first-order chi connectivity index (χ1) is 13.2. The molecule has 1 atom stereocenters. The zero-order chi connectivity index (χ0) is 18.7. The Balaban J connectivity index is 1.51. The molecule has 7 heteroatoms. The summed E-state index contributed by atoms with van der Waals surface area (Å²) < 4.78 is 8.11. The molecular weight excluding hydrogens is 340 g/mol. The van der Waals surface area contributed by atoms with Crippen LogP contribution >= 0.6 is 0 Å². The maximum atomic E-state index is 9.17. The highest BCUT2D eigenvalue weighted by Gasteiger charge is 2.39. The first-order valence-electron chi connectivity index (χ1n) is 9.56. The molecule has 2 fully saturated rings. The molecule has 2 aliphatic rings. The highest BCUT2D eigenvalue weighted by molar-refractivity contribution is 5.42. The second-order valence-electron chi connectivity index (χ2n) is 7.74. The summed E-state index contributed by atoms with van der Waals surface area (Å²) >= 11 is 0. The predicted octanol–water partition coefficient (Wildman–Crippen LogP) is 1.81. The van der Waals surface area contributed by atoms with Crippen molar-refractivity contribution in [3.05, 3.63) is 42.1 Å². The SMILES string of the molecule is Cn1ccnc1CN1CCC[C@]2(COCCN(c3cccc(C#N)n3)C2)C1. The molecule has 7 nitrogen and oxygen atoms in total. The number of nitrogens with zero attached hydrogens (tertiary/aromatic N) is 6. The Kier molecular flexibility index (Phi) is 5.10. The lowest BCUT2D eigenvalue weighted by Crippen LogP contribution is -2.50. The molecule has 0 aliphatic carbocycles. The van der Waals surface area contributed by atoms with Gasteiger partial charge >= 0.3 is 0 Å². The van der Waals surface area contributed by atoms with E-state index < -0.39 is 0 Å². The normalized spacial score (nSPS) is 23.9. The highest BCUT2D eigenvalue weighted by atomic mass is 16.5. The van der Waals surface area contributed by atoms with Crippen LogP contribution in [-0.4, -0.2) is 58.8 Å². The van der Waals surface area contributed by atoms with Gasteiger partial charge in [-0.15, -0.1) is 0 Å². The van der Waals surface area contributed by atoms with E-state index in [0.29, 0.717) is 12.3 Å². The highest BCUT2D eigenvalue weighted by Crippen LogP contribution is 2.34. The third-order valence-electron chi connectivity index (χ3n) is 5.64. The van der Waals surface area contributed by atoms with Gasteiger partial charge in [-0.3, -0.25) is 4.90 Å². The van der Waals surface area contributed by atoms with Crippen LogP contribution in [-0.2, 0) is 18.3 Å². The summed E-state index contributed by atoms with van der Waals surface area (Å²) in [7, 11) is 2.05. The third-order valence-corrected chi connectivity index (χ3v) is 5.64. The number of nitriles is 1. The van der Waals surface area contributed by atoms with Crippen LogP contribution in [0.4, 0.5) is 5.82 Å². The first kappa shape index (κ1) is 18.0. The summed E-state index contributed by atoms with van der Waals surface area (Å²) in [5.74, 6) is 1.97. The number of piperidine rings is 1. The molecule has 4 rings (SSSR count). The van der Waals surface area contributed by atoms with Gasteiger partial charge in [0.1, 0.15) is 23.4 Å². The Morgan fingerprint density at radius 2 is 2.22 bits per heavy atom. The van der Waals surface area contributed by atoms with E-state index in [-0.39, 0.29) is 5.41 Å². The standard InChI is InChI=1S/C20H26N6O/c1-24-9-7-22-19(24)13-25-8-3-6-20(14-25)15-26(10-11-27-16-20)18-5-2-4-17(12-21)23-18/h2,4-5,7,9H,3,6,8,10-11,13-16H2,1H3/t20-/m0/s1. The minimum Gasteiger partial charge on any atom is -0.379 e. The maximum Gasteiger partial charge on any atom is 0.142 e. The predicted molar refractivity (Wildman–Crippen MR) is 102 cm³/mol. The number of imidazole rings is 1. The van der Waals surface area contributed by atoms with E-state index >= 15 is 0 Å². The molecule has 0 bridgehead atoms. The molecule has 0 aromatic carbocycles. The van der Waals surface area contributed by atoms with Crippen LogP contribution in [0.15, 0.2) is 30.6 Å². The van der Waals surface area contributed by atoms with E-state index in [1.807, 2.05) is 31.6 Å². The molecular formula is C20H26N6O. The van der Waals surface area contributed by atoms with Crippen molar-refractivity contribution in [2.24, 2.45) is 12.5 Å². The minimum atomic E-state index is 0.0875. The van der Waals surface area contributed by atoms with E-state index in [9.17, 15) is 0 Å². The quantitative estimate of drug-likeness (QED) is 0.825. The molecule has 0 amide bonds. The second kappa shape index (κ2) is 7.67. The molecule has 2 aromatic rings. The topological polar surface area (TPSA) is 70.2 Å². The number of hydrogen-bond donors (Lipinski definition) is 0. The molecule has 27 heavy (non-hydrogen) atoms. The van der Waals surface area contributed by atoms with Gasteiger partial charge in [-0.05, 0) is 31.5 Å². The number of rotatable bonds is 3. The molecule has 2 saturated heterocycles. The number of hydrogen-bond acceptors (Lipinski definition) is 6. The summed E-state index contributed by atoms with van der Waals surface area (Å²) in [5, 5.41) is 9.17. The number of aromatic nitrogens is 3. The fourth-order valence-electron chi connectivity index (χ4n) is 4.29. The van der Waals surface area contributed by atoms with Crippen molar-refractivity contribution in [3.63, 3.8) is 0 Å². The molecule has 142 valence electrons. The number of ether oxygens (including phenoxy) is 1. The van der Waals surface area contributed by atoms with Gasteiger partial charge in [0.2, 0.25) is 0 Å². The lowest BCUT2D eigenvalue weighted by molar-refractivity contribution is 0.00967. The van der Waals surface area contributed by atoms with Crippen LogP contribution in [0.5, 0.6) is 0 Å². The van der Waals surface area contributed by atoms with Crippen molar-refractivity contribution in [2.75, 3.05) is 44.3 Å². The average Bonchev–Trinajstić information content (AvgIpc) is 2.97. The maximum absolute atomic E-state index is 9.17. The van der Waals surface area contributed by atoms with Gasteiger partial charge in [-0.1, -0.05) is 6.07 Å². The Hall–Kier alpha value is -2.43. The van der Waals surface area contributed by atoms with Crippen molar-refractivity contribution in [1.82, 2.24) is 19.4 Å². The summed E-state index contributed by atoms with van der Waals surface area (Å²) in [4.78, 5) is 13.8. The van der Waals surface area contributed by atoms with Gasteiger partial charge in [-0.25, -0.2) is 9.97 Å². The monoisotopic (exact) mass is 366 g/mol. The molecule has 2 aromatic heterocycles. The number of aryl methyl sites for hydroxylation is 1. The van der Waals surface area contributed by atoms with Crippen molar-refractivity contribution >= 4 is 5.82 Å². The fourth-order valence-corrected chi connectivity index (χ4v) is 4.29. The zero-order valence-corrected chi connectivity index (χ0v) is 15.8. The Labute approximate surface area is 160 Å². The summed E-state index contributed by atoms with van der Waals surface area (Å²) in [5.41, 5.74) is 0.552. The lowest BCUT2D eigenvalue weighted by Gasteiger charge is -2.43. The molecule has 0 N–H and O–H groups in total. The van der Waals surface area contributed by atoms with E-state index in [1.165, 1.54) is 0 Å². The zero-order valence-electron chi connectivity index (χ0n) is 15.8. The molecule has 0 unspecified atom stereocenters. The number of likely N-dealkylation sites (tertiary alicyclic amines) is 1. The summed E-state index contributed by atoms with van der Waals surface area (Å²) in [6.45, 7) is 6.14. The van der Waals surface area contributed by atoms with Crippen LogP contribution in [0, 0.1) is 16.7 Å². The van der Waals surface area contributed by atoms with Gasteiger partial charge in [0.15, 0.2) is 0 Å². The summed E-state index contributed by atoms with van der Waals surface area (Å²) in [6.07, 6.45) is 6.17. The van der Waals surface area contributed by atoms with E-state index in [1.54, 1.807) is 6.07 Å². The van der Waals surface area contributed by atoms with E-state index in [2.05, 4.69) is 30.4 Å². The van der Waals surface area contributed by atoms with Crippen LogP contribution in [0.1, 0.15) is 24.4 Å². The largest absolute Gasteiger partial charge is 0.379 e.